The molecule has 2 aromatic carbocycles. The number of aryl methyl sites for hydroxylation is 1. The summed E-state index contributed by atoms with van der Waals surface area (Å²) in [5.74, 6) is 0.356. The van der Waals surface area contributed by atoms with Crippen LogP contribution in [0.1, 0.15) is 5.56 Å². The molecule has 5 aromatic rings. The van der Waals surface area contributed by atoms with E-state index in [-0.39, 0.29) is 17.2 Å². The number of rotatable bonds is 6. The number of carbonyl (C=O) groups excluding carboxylic acids is 1. The molecule has 0 aliphatic rings. The first kappa shape index (κ1) is 20.4. The lowest BCUT2D eigenvalue weighted by Gasteiger charge is -2.09. The van der Waals surface area contributed by atoms with Gasteiger partial charge in [-0.05, 0) is 36.8 Å². The number of hydrogen-bond donors (Lipinski definition) is 1. The van der Waals surface area contributed by atoms with E-state index in [2.05, 4.69) is 27.1 Å². The molecule has 10 heteroatoms. The van der Waals surface area contributed by atoms with Gasteiger partial charge >= 0.3 is 0 Å². The second-order valence-corrected chi connectivity index (χ2v) is 9.14. The molecule has 3 aromatic heterocycles. The van der Waals surface area contributed by atoms with Crippen molar-refractivity contribution in [2.75, 3.05) is 11.1 Å². The molecule has 0 aliphatic carbocycles. The molecule has 3 heterocycles. The first-order valence-corrected chi connectivity index (χ1v) is 11.6. The van der Waals surface area contributed by atoms with E-state index in [4.69, 9.17) is 0 Å². The Labute approximate surface area is 190 Å². The van der Waals surface area contributed by atoms with E-state index < -0.39 is 0 Å². The molecule has 0 atom stereocenters. The lowest BCUT2D eigenvalue weighted by atomic mass is 10.2. The first-order chi connectivity index (χ1) is 15.5. The summed E-state index contributed by atoms with van der Waals surface area (Å²) < 4.78 is 4.36. The highest BCUT2D eigenvalue weighted by Gasteiger charge is 2.17. The number of allylic oxidation sites excluding steroid dienone is 1. The van der Waals surface area contributed by atoms with Gasteiger partial charge in [-0.1, -0.05) is 47.4 Å². The molecule has 0 radical (unpaired) electrons. The van der Waals surface area contributed by atoms with Crippen LogP contribution < -0.4 is 10.9 Å². The molecule has 0 bridgehead atoms. The van der Waals surface area contributed by atoms with Gasteiger partial charge in [-0.2, -0.15) is 0 Å². The number of carbonyl (C=O) groups is 1. The number of thiazole rings is 1. The summed E-state index contributed by atoms with van der Waals surface area (Å²) >= 11 is 2.70. The number of para-hydroxylation sites is 1. The molecule has 0 saturated carbocycles. The van der Waals surface area contributed by atoms with Crippen LogP contribution in [0, 0.1) is 6.92 Å². The Kier molecular flexibility index (Phi) is 5.24. The number of nitrogens with one attached hydrogen (secondary N) is 1. The normalized spacial score (nSPS) is 11.4. The number of nitrogens with zero attached hydrogens (tertiary/aromatic N) is 5. The van der Waals surface area contributed by atoms with Crippen molar-refractivity contribution in [1.29, 1.82) is 0 Å². The number of amides is 1. The zero-order valence-corrected chi connectivity index (χ0v) is 18.7. The van der Waals surface area contributed by atoms with Gasteiger partial charge in [-0.3, -0.25) is 18.6 Å². The molecule has 0 unspecified atom stereocenters. The van der Waals surface area contributed by atoms with E-state index in [0.717, 1.165) is 15.8 Å². The summed E-state index contributed by atoms with van der Waals surface area (Å²) in [6.45, 7) is 6.07. The third kappa shape index (κ3) is 3.57. The van der Waals surface area contributed by atoms with Crippen LogP contribution in [0.4, 0.5) is 5.13 Å². The van der Waals surface area contributed by atoms with Crippen molar-refractivity contribution < 1.29 is 4.79 Å². The standard InChI is InChI=1S/C22H18N6O2S2/c1-3-10-27-19(30)14-6-4-5-7-16(14)28-21(27)25-26-22(28)31-12-18(29)24-20-23-15-9-8-13(2)11-17(15)32-20/h3-9,11H,1,10,12H2,2H3,(H,23,24,29). The van der Waals surface area contributed by atoms with E-state index in [1.165, 1.54) is 27.7 Å². The molecule has 1 amide bonds. The molecule has 1 N–H and O–H groups in total. The quantitative estimate of drug-likeness (QED) is 0.304. The third-order valence-corrected chi connectivity index (χ3v) is 6.78. The Bertz CT molecular complexity index is 1570. The molecule has 0 aliphatic heterocycles. The summed E-state index contributed by atoms with van der Waals surface area (Å²) in [7, 11) is 0. The fourth-order valence-corrected chi connectivity index (χ4v) is 5.21. The van der Waals surface area contributed by atoms with E-state index in [0.29, 0.717) is 33.5 Å². The van der Waals surface area contributed by atoms with E-state index in [1.54, 1.807) is 16.5 Å². The summed E-state index contributed by atoms with van der Waals surface area (Å²) in [5.41, 5.74) is 2.55. The number of hydrogen-bond acceptors (Lipinski definition) is 7. The van der Waals surface area contributed by atoms with Crippen LogP contribution in [0.2, 0.25) is 0 Å². The monoisotopic (exact) mass is 462 g/mol. The number of thioether (sulfide) groups is 1. The molecule has 0 saturated heterocycles. The summed E-state index contributed by atoms with van der Waals surface area (Å²) in [6.07, 6.45) is 1.64. The second kappa shape index (κ2) is 8.21. The van der Waals surface area contributed by atoms with Crippen LogP contribution in [-0.2, 0) is 11.3 Å². The molecule has 8 nitrogen and oxygen atoms in total. The van der Waals surface area contributed by atoms with E-state index >= 15 is 0 Å². The number of fused-ring (bicyclic) bond motifs is 4. The minimum atomic E-state index is -0.189. The van der Waals surface area contributed by atoms with E-state index in [1.807, 2.05) is 43.3 Å². The Morgan fingerprint density at radius 1 is 1.25 bits per heavy atom. The molecule has 0 fully saturated rings. The van der Waals surface area contributed by atoms with Crippen LogP contribution in [0.15, 0.2) is 65.1 Å². The average Bonchev–Trinajstić information content (AvgIpc) is 3.38. The van der Waals surface area contributed by atoms with Crippen LogP contribution in [0.5, 0.6) is 0 Å². The molecule has 32 heavy (non-hydrogen) atoms. The zero-order valence-electron chi connectivity index (χ0n) is 17.1. The zero-order chi connectivity index (χ0) is 22.2. The first-order valence-electron chi connectivity index (χ1n) is 9.82. The van der Waals surface area contributed by atoms with Crippen molar-refractivity contribution in [2.24, 2.45) is 0 Å². The summed E-state index contributed by atoms with van der Waals surface area (Å²) in [4.78, 5) is 29.9. The minimum Gasteiger partial charge on any atom is -0.301 e. The van der Waals surface area contributed by atoms with Crippen molar-refractivity contribution >= 4 is 61.0 Å². The molecule has 5 rings (SSSR count). The summed E-state index contributed by atoms with van der Waals surface area (Å²) in [6, 6.07) is 13.3. The lowest BCUT2D eigenvalue weighted by Crippen LogP contribution is -2.22. The van der Waals surface area contributed by atoms with Crippen LogP contribution >= 0.6 is 23.1 Å². The van der Waals surface area contributed by atoms with Gasteiger partial charge < -0.3 is 5.32 Å². The maximum absolute atomic E-state index is 12.9. The molecule has 0 spiro atoms. The van der Waals surface area contributed by atoms with Crippen molar-refractivity contribution in [2.45, 2.75) is 18.6 Å². The van der Waals surface area contributed by atoms with Gasteiger partial charge in [-0.25, -0.2) is 4.98 Å². The third-order valence-electron chi connectivity index (χ3n) is 4.91. The fourth-order valence-electron chi connectivity index (χ4n) is 3.49. The van der Waals surface area contributed by atoms with Crippen molar-refractivity contribution in [3.63, 3.8) is 0 Å². The van der Waals surface area contributed by atoms with Crippen molar-refractivity contribution in [3.05, 3.63) is 71.0 Å². The number of anilines is 1. The number of aromatic nitrogens is 5. The van der Waals surface area contributed by atoms with Gasteiger partial charge in [0.05, 0.1) is 26.9 Å². The van der Waals surface area contributed by atoms with Gasteiger partial charge in [0.25, 0.3) is 5.56 Å². The molecule has 160 valence electrons. The molecular weight excluding hydrogens is 444 g/mol. The van der Waals surface area contributed by atoms with Crippen LogP contribution in [-0.4, -0.2) is 35.8 Å². The van der Waals surface area contributed by atoms with Crippen molar-refractivity contribution in [1.82, 2.24) is 24.1 Å². The second-order valence-electron chi connectivity index (χ2n) is 7.17. The highest BCUT2D eigenvalue weighted by molar-refractivity contribution is 7.99. The highest BCUT2D eigenvalue weighted by atomic mass is 32.2. The smallest absolute Gasteiger partial charge is 0.263 e. The SMILES string of the molecule is C=CCn1c(=O)c2ccccc2n2c(SCC(=O)Nc3nc4ccc(C)cc4s3)nnc12. The van der Waals surface area contributed by atoms with Gasteiger partial charge in [0.1, 0.15) is 0 Å². The minimum absolute atomic E-state index is 0.130. The van der Waals surface area contributed by atoms with Crippen LogP contribution in [0.3, 0.4) is 0 Å². The Hall–Kier alpha value is -3.50. The Morgan fingerprint density at radius 3 is 2.94 bits per heavy atom. The van der Waals surface area contributed by atoms with Gasteiger partial charge in [-0.15, -0.1) is 16.8 Å². The molecular formula is C22H18N6O2S2. The van der Waals surface area contributed by atoms with Crippen molar-refractivity contribution in [3.8, 4) is 0 Å². The lowest BCUT2D eigenvalue weighted by molar-refractivity contribution is -0.113. The fraction of sp³-hybridized carbons (Fsp3) is 0.136. The maximum Gasteiger partial charge on any atom is 0.263 e. The van der Waals surface area contributed by atoms with Crippen LogP contribution in [0.25, 0.3) is 26.9 Å². The van der Waals surface area contributed by atoms with Gasteiger partial charge in [0.15, 0.2) is 10.3 Å². The highest BCUT2D eigenvalue weighted by Crippen LogP contribution is 2.27. The predicted molar refractivity (Wildman–Crippen MR) is 129 cm³/mol. The summed E-state index contributed by atoms with van der Waals surface area (Å²) in [5, 5.41) is 13.0. The topological polar surface area (TPSA) is 94.2 Å². The number of benzene rings is 2. The van der Waals surface area contributed by atoms with Gasteiger partial charge in [0, 0.05) is 6.54 Å². The van der Waals surface area contributed by atoms with Gasteiger partial charge in [0.2, 0.25) is 11.7 Å². The Morgan fingerprint density at radius 2 is 2.09 bits per heavy atom. The Balaban J connectivity index is 1.43. The predicted octanol–water partition coefficient (Wildman–Crippen LogP) is 3.88. The van der Waals surface area contributed by atoms with E-state index in [9.17, 15) is 9.59 Å². The largest absolute Gasteiger partial charge is 0.301 e. The maximum atomic E-state index is 12.9. The average molecular weight is 463 g/mol.